The summed E-state index contributed by atoms with van der Waals surface area (Å²) in [6.45, 7) is 1.26. The van der Waals surface area contributed by atoms with Gasteiger partial charge in [0.05, 0.1) is 28.2 Å². The third-order valence-corrected chi connectivity index (χ3v) is 5.53. The molecule has 0 aliphatic carbocycles. The Balaban J connectivity index is 2.18. The van der Waals surface area contributed by atoms with Gasteiger partial charge in [-0.15, -0.1) is 0 Å². The fourth-order valence-electron chi connectivity index (χ4n) is 2.20. The summed E-state index contributed by atoms with van der Waals surface area (Å²) in [6.07, 6.45) is 2.30. The van der Waals surface area contributed by atoms with Gasteiger partial charge in [0.25, 0.3) is 5.91 Å². The van der Waals surface area contributed by atoms with Gasteiger partial charge in [0.15, 0.2) is 0 Å². The summed E-state index contributed by atoms with van der Waals surface area (Å²) in [4.78, 5) is 12.2. The highest BCUT2D eigenvalue weighted by atomic mass is 35.5. The number of benzene rings is 2. The summed E-state index contributed by atoms with van der Waals surface area (Å²) in [5.74, 6) is -0.640. The third kappa shape index (κ3) is 5.84. The Hall–Kier alpha value is -1.80. The van der Waals surface area contributed by atoms with Crippen molar-refractivity contribution in [3.8, 4) is 0 Å². The molecular formula is C17H16Cl3N3O3S. The van der Waals surface area contributed by atoms with Crippen LogP contribution in [0.1, 0.15) is 11.1 Å². The fourth-order valence-corrected chi connectivity index (χ4v) is 3.77. The average molecular weight is 449 g/mol. The predicted octanol–water partition coefficient (Wildman–Crippen LogP) is 3.87. The lowest BCUT2D eigenvalue weighted by atomic mass is 10.2. The second-order valence-corrected chi connectivity index (χ2v) is 8.79. The van der Waals surface area contributed by atoms with E-state index in [1.54, 1.807) is 37.3 Å². The molecule has 2 aromatic rings. The van der Waals surface area contributed by atoms with Gasteiger partial charge in [0.2, 0.25) is 10.0 Å². The summed E-state index contributed by atoms with van der Waals surface area (Å²) in [5.41, 5.74) is 3.68. The number of hydrogen-bond donors (Lipinski definition) is 1. The largest absolute Gasteiger partial charge is 0.271 e. The van der Waals surface area contributed by atoms with Crippen LogP contribution in [0, 0.1) is 6.92 Å². The van der Waals surface area contributed by atoms with Gasteiger partial charge in [0.1, 0.15) is 6.54 Å². The van der Waals surface area contributed by atoms with Gasteiger partial charge in [-0.25, -0.2) is 13.8 Å². The lowest BCUT2D eigenvalue weighted by Crippen LogP contribution is -2.39. The van der Waals surface area contributed by atoms with Gasteiger partial charge in [-0.3, -0.25) is 9.10 Å². The SMILES string of the molecule is Cc1ccc(Cl)cc1N(CC(=O)NN=Cc1c(Cl)cccc1Cl)S(C)(=O)=O. The normalized spacial score (nSPS) is 11.6. The van der Waals surface area contributed by atoms with Crippen molar-refractivity contribution in [3.05, 3.63) is 62.6 Å². The maximum Gasteiger partial charge on any atom is 0.260 e. The van der Waals surface area contributed by atoms with E-state index >= 15 is 0 Å². The molecule has 0 aliphatic heterocycles. The number of nitrogens with one attached hydrogen (secondary N) is 1. The zero-order valence-electron chi connectivity index (χ0n) is 14.4. The molecule has 0 aliphatic rings. The van der Waals surface area contributed by atoms with E-state index in [9.17, 15) is 13.2 Å². The van der Waals surface area contributed by atoms with Gasteiger partial charge >= 0.3 is 0 Å². The molecule has 0 bridgehead atoms. The minimum Gasteiger partial charge on any atom is -0.271 e. The van der Waals surface area contributed by atoms with Crippen molar-refractivity contribution in [2.24, 2.45) is 5.10 Å². The minimum atomic E-state index is -3.72. The van der Waals surface area contributed by atoms with Crippen LogP contribution in [0.3, 0.4) is 0 Å². The van der Waals surface area contributed by atoms with E-state index in [4.69, 9.17) is 34.8 Å². The molecule has 0 aromatic heterocycles. The summed E-state index contributed by atoms with van der Waals surface area (Å²) < 4.78 is 25.2. The Labute approximate surface area is 172 Å². The van der Waals surface area contributed by atoms with Gasteiger partial charge in [-0.2, -0.15) is 5.10 Å². The van der Waals surface area contributed by atoms with Crippen molar-refractivity contribution >= 4 is 62.6 Å². The molecular weight excluding hydrogens is 433 g/mol. The standard InChI is InChI=1S/C17H16Cl3N3O3S/c1-11-6-7-12(18)8-16(11)23(27(2,25)26)10-17(24)22-21-9-13-14(19)4-3-5-15(13)20/h3-9H,10H2,1-2H3,(H,22,24). The summed E-state index contributed by atoms with van der Waals surface area (Å²) in [5, 5.41) is 4.89. The predicted molar refractivity (Wildman–Crippen MR) is 111 cm³/mol. The van der Waals surface area contributed by atoms with E-state index in [-0.39, 0.29) is 0 Å². The molecule has 2 aromatic carbocycles. The number of sulfonamides is 1. The van der Waals surface area contributed by atoms with Gasteiger partial charge in [-0.05, 0) is 36.8 Å². The average Bonchev–Trinajstić information content (AvgIpc) is 2.57. The first-order chi connectivity index (χ1) is 12.6. The van der Waals surface area contributed by atoms with Crippen molar-refractivity contribution in [1.29, 1.82) is 0 Å². The number of carbonyl (C=O) groups is 1. The number of anilines is 1. The quantitative estimate of drug-likeness (QED) is 0.538. The van der Waals surface area contributed by atoms with E-state index < -0.39 is 22.5 Å². The number of hydrazone groups is 1. The number of aryl methyl sites for hydroxylation is 1. The summed E-state index contributed by atoms with van der Waals surface area (Å²) in [7, 11) is -3.72. The molecule has 1 amide bonds. The van der Waals surface area contributed by atoms with Crippen LogP contribution < -0.4 is 9.73 Å². The van der Waals surface area contributed by atoms with Gasteiger partial charge in [0, 0.05) is 10.6 Å². The molecule has 0 saturated heterocycles. The first-order valence-electron chi connectivity index (χ1n) is 7.59. The maximum absolute atomic E-state index is 12.2. The van der Waals surface area contributed by atoms with Crippen LogP contribution in [0.15, 0.2) is 41.5 Å². The molecule has 0 heterocycles. The van der Waals surface area contributed by atoms with E-state index in [1.165, 1.54) is 12.3 Å². The zero-order chi connectivity index (χ0) is 20.2. The molecule has 6 nitrogen and oxygen atoms in total. The Morgan fingerprint density at radius 2 is 1.81 bits per heavy atom. The number of carbonyl (C=O) groups excluding carboxylic acids is 1. The van der Waals surface area contributed by atoms with Gasteiger partial charge < -0.3 is 0 Å². The van der Waals surface area contributed by atoms with E-state index in [1.807, 2.05) is 0 Å². The molecule has 0 saturated carbocycles. The van der Waals surface area contributed by atoms with E-state index in [0.29, 0.717) is 31.9 Å². The first-order valence-corrected chi connectivity index (χ1v) is 10.6. The second-order valence-electron chi connectivity index (χ2n) is 5.63. The van der Waals surface area contributed by atoms with Crippen molar-refractivity contribution in [3.63, 3.8) is 0 Å². The van der Waals surface area contributed by atoms with Gasteiger partial charge in [-0.1, -0.05) is 46.9 Å². The molecule has 0 fully saturated rings. The van der Waals surface area contributed by atoms with Crippen molar-refractivity contribution in [2.75, 3.05) is 17.1 Å². The molecule has 2 rings (SSSR count). The summed E-state index contributed by atoms with van der Waals surface area (Å²) >= 11 is 18.0. The Bertz CT molecular complexity index is 974. The van der Waals surface area contributed by atoms with Crippen molar-refractivity contribution in [1.82, 2.24) is 5.43 Å². The number of amides is 1. The Morgan fingerprint density at radius 1 is 1.19 bits per heavy atom. The van der Waals surface area contributed by atoms with Crippen LogP contribution in [-0.2, 0) is 14.8 Å². The molecule has 1 N–H and O–H groups in total. The lowest BCUT2D eigenvalue weighted by molar-refractivity contribution is -0.119. The van der Waals surface area contributed by atoms with Crippen LogP contribution in [0.25, 0.3) is 0 Å². The zero-order valence-corrected chi connectivity index (χ0v) is 17.5. The van der Waals surface area contributed by atoms with Crippen molar-refractivity contribution < 1.29 is 13.2 Å². The van der Waals surface area contributed by atoms with E-state index in [0.717, 1.165) is 10.6 Å². The molecule has 144 valence electrons. The Morgan fingerprint density at radius 3 is 2.41 bits per heavy atom. The lowest BCUT2D eigenvalue weighted by Gasteiger charge is -2.23. The highest BCUT2D eigenvalue weighted by Gasteiger charge is 2.22. The number of halogens is 3. The van der Waals surface area contributed by atoms with Crippen LogP contribution in [0.4, 0.5) is 5.69 Å². The third-order valence-electron chi connectivity index (χ3n) is 3.51. The van der Waals surface area contributed by atoms with Crippen LogP contribution in [0.5, 0.6) is 0 Å². The molecule has 27 heavy (non-hydrogen) atoms. The molecule has 0 radical (unpaired) electrons. The highest BCUT2D eigenvalue weighted by Crippen LogP contribution is 2.26. The minimum absolute atomic E-state index is 0.318. The number of nitrogens with zero attached hydrogens (tertiary/aromatic N) is 2. The van der Waals surface area contributed by atoms with E-state index in [2.05, 4.69) is 10.5 Å². The molecule has 0 atom stereocenters. The fraction of sp³-hybridized carbons (Fsp3) is 0.176. The highest BCUT2D eigenvalue weighted by molar-refractivity contribution is 7.92. The van der Waals surface area contributed by atoms with Crippen LogP contribution >= 0.6 is 34.8 Å². The monoisotopic (exact) mass is 447 g/mol. The maximum atomic E-state index is 12.2. The topological polar surface area (TPSA) is 78.8 Å². The second kappa shape index (κ2) is 8.93. The first kappa shape index (κ1) is 21.5. The Kier molecular flexibility index (Phi) is 7.11. The molecule has 0 unspecified atom stereocenters. The number of rotatable bonds is 6. The molecule has 0 spiro atoms. The number of hydrogen-bond acceptors (Lipinski definition) is 4. The smallest absolute Gasteiger partial charge is 0.260 e. The van der Waals surface area contributed by atoms with Crippen LogP contribution in [0.2, 0.25) is 15.1 Å². The van der Waals surface area contributed by atoms with Crippen molar-refractivity contribution in [2.45, 2.75) is 6.92 Å². The molecule has 10 heteroatoms. The van der Waals surface area contributed by atoms with Crippen LogP contribution in [-0.4, -0.2) is 33.3 Å². The summed E-state index contributed by atoms with van der Waals surface area (Å²) in [6, 6.07) is 9.73.